The van der Waals surface area contributed by atoms with Gasteiger partial charge in [-0.1, -0.05) is 42.5 Å². The van der Waals surface area contributed by atoms with Crippen molar-refractivity contribution in [2.75, 3.05) is 24.6 Å². The minimum absolute atomic E-state index is 0.119. The van der Waals surface area contributed by atoms with Gasteiger partial charge in [-0.05, 0) is 32.0 Å². The van der Waals surface area contributed by atoms with Gasteiger partial charge in [0.15, 0.2) is 6.54 Å². The van der Waals surface area contributed by atoms with Crippen molar-refractivity contribution in [2.24, 2.45) is 0 Å². The molecule has 3 aromatic carbocycles. The van der Waals surface area contributed by atoms with Gasteiger partial charge in [0.1, 0.15) is 6.61 Å². The highest BCUT2D eigenvalue weighted by atomic mass is 16.3. The Labute approximate surface area is 166 Å². The van der Waals surface area contributed by atoms with Crippen molar-refractivity contribution >= 4 is 27.5 Å². The van der Waals surface area contributed by atoms with E-state index in [0.29, 0.717) is 6.54 Å². The molecule has 0 unspecified atom stereocenters. The zero-order valence-electron chi connectivity index (χ0n) is 16.6. The van der Waals surface area contributed by atoms with Crippen molar-refractivity contribution in [3.05, 3.63) is 72.8 Å². The van der Waals surface area contributed by atoms with Crippen LogP contribution in [0.15, 0.2) is 72.8 Å². The molecule has 28 heavy (non-hydrogen) atoms. The molecule has 0 amide bonds. The molecular weight excluding hydrogens is 344 g/mol. The normalized spacial score (nSPS) is 11.2. The number of hydrogen-bond donors (Lipinski definition) is 1. The molecule has 0 spiro atoms. The molecule has 0 aliphatic carbocycles. The maximum Gasteiger partial charge on any atom is 0.213 e. The monoisotopic (exact) mass is 371 g/mol. The second kappa shape index (κ2) is 7.99. The first-order valence-corrected chi connectivity index (χ1v) is 10.1. The summed E-state index contributed by atoms with van der Waals surface area (Å²) in [4.78, 5) is 2.41. The second-order valence-corrected chi connectivity index (χ2v) is 6.97. The maximum atomic E-state index is 9.68. The molecule has 1 N–H and O–H groups in total. The largest absolute Gasteiger partial charge is 0.390 e. The Morgan fingerprint density at radius 2 is 1.29 bits per heavy atom. The Bertz CT molecular complexity index is 1060. The van der Waals surface area contributed by atoms with Crippen molar-refractivity contribution in [1.82, 2.24) is 0 Å². The quantitative estimate of drug-likeness (QED) is 0.390. The average Bonchev–Trinajstić information content (AvgIpc) is 2.75. The summed E-state index contributed by atoms with van der Waals surface area (Å²) in [6, 6.07) is 25.8. The molecule has 1 heterocycles. The highest BCUT2D eigenvalue weighted by molar-refractivity contribution is 6.09. The van der Waals surface area contributed by atoms with E-state index in [1.54, 1.807) is 0 Å². The summed E-state index contributed by atoms with van der Waals surface area (Å²) in [6.45, 7) is 7.06. The number of nitrogens with zero attached hydrogens (tertiary/aromatic N) is 2. The first-order chi connectivity index (χ1) is 13.8. The molecule has 0 aliphatic rings. The number of aliphatic hydroxyl groups is 1. The number of rotatable bonds is 6. The summed E-state index contributed by atoms with van der Waals surface area (Å²) < 4.78 is 2.23. The lowest BCUT2D eigenvalue weighted by molar-refractivity contribution is -0.646. The van der Waals surface area contributed by atoms with Crippen LogP contribution in [0.5, 0.6) is 0 Å². The van der Waals surface area contributed by atoms with Gasteiger partial charge in [-0.3, -0.25) is 0 Å². The number of pyridine rings is 1. The maximum absolute atomic E-state index is 9.68. The van der Waals surface area contributed by atoms with Gasteiger partial charge in [0.2, 0.25) is 11.0 Å². The number of aliphatic hydroxyl groups excluding tert-OH is 1. The van der Waals surface area contributed by atoms with Crippen LogP contribution < -0.4 is 9.47 Å². The molecule has 0 aliphatic heterocycles. The van der Waals surface area contributed by atoms with Gasteiger partial charge >= 0.3 is 0 Å². The topological polar surface area (TPSA) is 27.4 Å². The van der Waals surface area contributed by atoms with E-state index in [2.05, 4.69) is 96.1 Å². The van der Waals surface area contributed by atoms with Crippen LogP contribution in [0, 0.1) is 0 Å². The molecule has 0 saturated carbocycles. The Balaban J connectivity index is 2.16. The van der Waals surface area contributed by atoms with E-state index in [0.717, 1.165) is 24.1 Å². The van der Waals surface area contributed by atoms with Gasteiger partial charge in [0.05, 0.1) is 10.8 Å². The van der Waals surface area contributed by atoms with E-state index in [4.69, 9.17) is 0 Å². The lowest BCUT2D eigenvalue weighted by atomic mass is 9.94. The minimum atomic E-state index is 0.119. The number of para-hydroxylation sites is 3. The van der Waals surface area contributed by atoms with Crippen LogP contribution in [0.4, 0.5) is 5.69 Å². The summed E-state index contributed by atoms with van der Waals surface area (Å²) in [5.41, 5.74) is 6.10. The van der Waals surface area contributed by atoms with Crippen LogP contribution in [-0.4, -0.2) is 24.8 Å². The minimum Gasteiger partial charge on any atom is -0.390 e. The Kier molecular flexibility index (Phi) is 5.27. The molecule has 0 bridgehead atoms. The van der Waals surface area contributed by atoms with Gasteiger partial charge in [-0.2, -0.15) is 4.57 Å². The molecular formula is C25H27N2O+. The predicted molar refractivity (Wildman–Crippen MR) is 118 cm³/mol. The lowest BCUT2D eigenvalue weighted by Gasteiger charge is -2.25. The summed E-state index contributed by atoms with van der Waals surface area (Å²) >= 11 is 0. The Morgan fingerprint density at radius 1 is 0.750 bits per heavy atom. The van der Waals surface area contributed by atoms with Crippen LogP contribution in [0.2, 0.25) is 0 Å². The molecule has 3 heteroatoms. The third-order valence-electron chi connectivity index (χ3n) is 5.53. The van der Waals surface area contributed by atoms with Gasteiger partial charge < -0.3 is 10.0 Å². The molecule has 0 saturated heterocycles. The highest BCUT2D eigenvalue weighted by Crippen LogP contribution is 2.39. The first-order valence-electron chi connectivity index (χ1n) is 10.1. The number of anilines is 1. The second-order valence-electron chi connectivity index (χ2n) is 6.97. The third-order valence-corrected chi connectivity index (χ3v) is 5.53. The van der Waals surface area contributed by atoms with E-state index in [-0.39, 0.29) is 6.61 Å². The van der Waals surface area contributed by atoms with Crippen LogP contribution in [0.1, 0.15) is 13.8 Å². The molecule has 4 rings (SSSR count). The predicted octanol–water partition coefficient (Wildman–Crippen LogP) is 4.79. The fourth-order valence-electron chi connectivity index (χ4n) is 4.27. The van der Waals surface area contributed by atoms with Crippen LogP contribution in [0.25, 0.3) is 32.9 Å². The zero-order chi connectivity index (χ0) is 19.5. The fourth-order valence-corrected chi connectivity index (χ4v) is 4.27. The molecule has 0 fully saturated rings. The Morgan fingerprint density at radius 3 is 1.86 bits per heavy atom. The van der Waals surface area contributed by atoms with E-state index in [9.17, 15) is 5.11 Å². The van der Waals surface area contributed by atoms with E-state index >= 15 is 0 Å². The van der Waals surface area contributed by atoms with Crippen LogP contribution >= 0.6 is 0 Å². The summed E-state index contributed by atoms with van der Waals surface area (Å²) in [5, 5.41) is 12.1. The number of hydrogen-bond acceptors (Lipinski definition) is 2. The SMILES string of the molecule is CCN(CC)c1ccccc1-c1c2ccccc2[n+](CCO)c2ccccc12. The third kappa shape index (κ3) is 3.02. The first kappa shape index (κ1) is 18.5. The van der Waals surface area contributed by atoms with Crippen molar-refractivity contribution in [3.8, 4) is 11.1 Å². The summed E-state index contributed by atoms with van der Waals surface area (Å²) in [5.74, 6) is 0. The molecule has 4 aromatic rings. The highest BCUT2D eigenvalue weighted by Gasteiger charge is 2.22. The van der Waals surface area contributed by atoms with Gasteiger partial charge in [0.25, 0.3) is 0 Å². The number of aromatic nitrogens is 1. The Hall–Kier alpha value is -2.91. The molecule has 0 radical (unpaired) electrons. The van der Waals surface area contributed by atoms with E-state index in [1.165, 1.54) is 27.6 Å². The molecule has 142 valence electrons. The molecule has 1 aromatic heterocycles. The van der Waals surface area contributed by atoms with E-state index < -0.39 is 0 Å². The molecule has 3 nitrogen and oxygen atoms in total. The molecule has 0 atom stereocenters. The van der Waals surface area contributed by atoms with Crippen LogP contribution in [-0.2, 0) is 6.54 Å². The van der Waals surface area contributed by atoms with Gasteiger partial charge in [-0.25, -0.2) is 0 Å². The number of fused-ring (bicyclic) bond motifs is 2. The van der Waals surface area contributed by atoms with Crippen LogP contribution in [0.3, 0.4) is 0 Å². The zero-order valence-corrected chi connectivity index (χ0v) is 16.6. The van der Waals surface area contributed by atoms with Crippen molar-refractivity contribution < 1.29 is 9.67 Å². The van der Waals surface area contributed by atoms with Gasteiger partial charge in [-0.15, -0.1) is 0 Å². The van der Waals surface area contributed by atoms with Crippen molar-refractivity contribution in [3.63, 3.8) is 0 Å². The van der Waals surface area contributed by atoms with Crippen molar-refractivity contribution in [1.29, 1.82) is 0 Å². The standard InChI is InChI=1S/C25H27N2O/c1-3-26(4-2)22-14-8-5-11-19(22)25-20-12-6-9-15-23(20)27(17-18-28)24-16-10-7-13-21(24)25/h5-16,28H,3-4,17-18H2,1-2H3/q+1. The summed E-state index contributed by atoms with van der Waals surface area (Å²) in [6.07, 6.45) is 0. The fraction of sp³-hybridized carbons (Fsp3) is 0.240. The lowest BCUT2D eigenvalue weighted by Crippen LogP contribution is -2.37. The van der Waals surface area contributed by atoms with Gasteiger partial charge in [0, 0.05) is 42.0 Å². The number of benzene rings is 3. The summed E-state index contributed by atoms with van der Waals surface area (Å²) in [7, 11) is 0. The van der Waals surface area contributed by atoms with Crippen molar-refractivity contribution in [2.45, 2.75) is 20.4 Å². The van der Waals surface area contributed by atoms with E-state index in [1.807, 2.05) is 0 Å². The average molecular weight is 372 g/mol. The smallest absolute Gasteiger partial charge is 0.213 e.